The van der Waals surface area contributed by atoms with Crippen molar-refractivity contribution in [2.45, 2.75) is 25.4 Å². The van der Waals surface area contributed by atoms with E-state index < -0.39 is 29.4 Å². The van der Waals surface area contributed by atoms with E-state index in [1.807, 2.05) is 0 Å². The zero-order valence-corrected chi connectivity index (χ0v) is 14.5. The number of halogens is 1. The van der Waals surface area contributed by atoms with Crippen LogP contribution < -0.4 is 5.32 Å². The Morgan fingerprint density at radius 1 is 1.29 bits per heavy atom. The highest BCUT2D eigenvalue weighted by molar-refractivity contribution is 6.30. The van der Waals surface area contributed by atoms with Gasteiger partial charge in [0.15, 0.2) is 0 Å². The van der Waals surface area contributed by atoms with Gasteiger partial charge >= 0.3 is 5.97 Å². The number of nitrogens with one attached hydrogen (secondary N) is 1. The van der Waals surface area contributed by atoms with Crippen LogP contribution in [0.25, 0.3) is 0 Å². The van der Waals surface area contributed by atoms with Crippen LogP contribution in [-0.2, 0) is 19.1 Å². The van der Waals surface area contributed by atoms with Gasteiger partial charge in [-0.3, -0.25) is 24.6 Å². The highest BCUT2D eigenvalue weighted by Gasteiger charge is 2.66. The number of hydrogen-bond acceptors (Lipinski definition) is 5. The van der Waals surface area contributed by atoms with Crippen molar-refractivity contribution in [1.82, 2.24) is 10.2 Å². The third-order valence-electron chi connectivity index (χ3n) is 4.94. The van der Waals surface area contributed by atoms with Crippen LogP contribution in [-0.4, -0.2) is 41.9 Å². The molecule has 128 valence electrons. The molecule has 0 saturated carbocycles. The first-order valence-electron chi connectivity index (χ1n) is 7.83. The zero-order chi connectivity index (χ0) is 17.6. The van der Waals surface area contributed by atoms with E-state index in [1.165, 1.54) is 7.05 Å². The minimum absolute atomic E-state index is 0.205. The van der Waals surface area contributed by atoms with Crippen molar-refractivity contribution in [2.24, 2.45) is 11.8 Å². The molecule has 0 aliphatic carbocycles. The Bertz CT molecular complexity index is 705. The number of carbonyl (C=O) groups is 3. The maximum atomic E-state index is 12.6. The number of amides is 2. The zero-order valence-electron chi connectivity index (χ0n) is 13.7. The monoisotopic (exact) mass is 350 g/mol. The van der Waals surface area contributed by atoms with Crippen LogP contribution in [0.1, 0.15) is 25.5 Å². The molecule has 0 spiro atoms. The van der Waals surface area contributed by atoms with Crippen LogP contribution in [0.2, 0.25) is 5.02 Å². The first kappa shape index (κ1) is 16.9. The van der Waals surface area contributed by atoms with Crippen LogP contribution in [0.4, 0.5) is 0 Å². The SMILES string of the molecule is CCOC(=O)[C@@]1(C)N[C@@H](c2ccc(Cl)cc2)[C@H]2C(=O)N(C)C(=O)[C@@H]21. The van der Waals surface area contributed by atoms with Gasteiger partial charge in [0.05, 0.1) is 18.4 Å². The number of likely N-dealkylation sites (tertiary alicyclic amines) is 1. The topological polar surface area (TPSA) is 75.7 Å². The molecule has 2 aliphatic rings. The number of fused-ring (bicyclic) bond motifs is 1. The molecular weight excluding hydrogens is 332 g/mol. The van der Waals surface area contributed by atoms with Crippen LogP contribution in [0.5, 0.6) is 0 Å². The third kappa shape index (κ3) is 2.32. The van der Waals surface area contributed by atoms with Gasteiger partial charge < -0.3 is 4.74 Å². The molecule has 0 bridgehead atoms. The van der Waals surface area contributed by atoms with Gasteiger partial charge in [0.25, 0.3) is 0 Å². The third-order valence-corrected chi connectivity index (χ3v) is 5.19. The summed E-state index contributed by atoms with van der Waals surface area (Å²) in [6.07, 6.45) is 0. The molecule has 3 rings (SSSR count). The Morgan fingerprint density at radius 2 is 1.92 bits per heavy atom. The molecule has 0 aromatic heterocycles. The number of rotatable bonds is 3. The Balaban J connectivity index is 2.06. The maximum Gasteiger partial charge on any atom is 0.326 e. The van der Waals surface area contributed by atoms with Crippen molar-refractivity contribution in [1.29, 1.82) is 0 Å². The second kappa shape index (κ2) is 5.86. The van der Waals surface area contributed by atoms with Crippen molar-refractivity contribution in [3.8, 4) is 0 Å². The summed E-state index contributed by atoms with van der Waals surface area (Å²) >= 11 is 5.93. The van der Waals surface area contributed by atoms with Gasteiger partial charge in [-0.2, -0.15) is 0 Å². The van der Waals surface area contributed by atoms with Crippen LogP contribution in [0.3, 0.4) is 0 Å². The van der Waals surface area contributed by atoms with Gasteiger partial charge in [0.2, 0.25) is 11.8 Å². The van der Waals surface area contributed by atoms with Gasteiger partial charge in [0, 0.05) is 18.1 Å². The molecule has 7 heteroatoms. The van der Waals surface area contributed by atoms with E-state index in [0.717, 1.165) is 10.5 Å². The van der Waals surface area contributed by atoms with E-state index in [-0.39, 0.29) is 18.4 Å². The van der Waals surface area contributed by atoms with Gasteiger partial charge in [-0.15, -0.1) is 0 Å². The van der Waals surface area contributed by atoms with Crippen molar-refractivity contribution in [3.05, 3.63) is 34.9 Å². The molecule has 6 nitrogen and oxygen atoms in total. The van der Waals surface area contributed by atoms with Crippen molar-refractivity contribution >= 4 is 29.4 Å². The number of imide groups is 1. The summed E-state index contributed by atoms with van der Waals surface area (Å²) in [6, 6.07) is 6.58. The molecule has 2 heterocycles. The predicted octanol–water partition coefficient (Wildman–Crippen LogP) is 1.54. The number of nitrogens with zero attached hydrogens (tertiary/aromatic N) is 1. The number of ether oxygens (including phenoxy) is 1. The summed E-state index contributed by atoms with van der Waals surface area (Å²) in [5.74, 6) is -2.59. The summed E-state index contributed by atoms with van der Waals surface area (Å²) in [6.45, 7) is 3.54. The molecule has 0 unspecified atom stereocenters. The first-order valence-corrected chi connectivity index (χ1v) is 8.21. The predicted molar refractivity (Wildman–Crippen MR) is 87.1 cm³/mol. The Kier molecular flexibility index (Phi) is 4.13. The fourth-order valence-corrected chi connectivity index (χ4v) is 3.83. The van der Waals surface area contributed by atoms with E-state index in [0.29, 0.717) is 5.02 Å². The highest BCUT2D eigenvalue weighted by atomic mass is 35.5. The number of carbonyl (C=O) groups excluding carboxylic acids is 3. The van der Waals surface area contributed by atoms with E-state index >= 15 is 0 Å². The molecule has 2 aliphatic heterocycles. The number of benzene rings is 1. The molecule has 4 atom stereocenters. The normalized spacial score (nSPS) is 32.2. The fraction of sp³-hybridized carbons (Fsp3) is 0.471. The lowest BCUT2D eigenvalue weighted by atomic mass is 9.80. The van der Waals surface area contributed by atoms with E-state index in [4.69, 9.17) is 16.3 Å². The second-order valence-electron chi connectivity index (χ2n) is 6.34. The van der Waals surface area contributed by atoms with Crippen LogP contribution in [0, 0.1) is 11.8 Å². The van der Waals surface area contributed by atoms with Crippen molar-refractivity contribution in [2.75, 3.05) is 13.7 Å². The highest BCUT2D eigenvalue weighted by Crippen LogP contribution is 2.48. The second-order valence-corrected chi connectivity index (χ2v) is 6.77. The summed E-state index contributed by atoms with van der Waals surface area (Å²) in [5.41, 5.74) is -0.443. The molecule has 2 amide bonds. The van der Waals surface area contributed by atoms with E-state index in [9.17, 15) is 14.4 Å². The minimum atomic E-state index is -1.25. The summed E-state index contributed by atoms with van der Waals surface area (Å²) in [4.78, 5) is 38.8. The van der Waals surface area contributed by atoms with Gasteiger partial charge in [0.1, 0.15) is 5.54 Å². The molecule has 2 saturated heterocycles. The summed E-state index contributed by atoms with van der Waals surface area (Å²) < 4.78 is 5.15. The largest absolute Gasteiger partial charge is 0.465 e. The molecule has 1 N–H and O–H groups in total. The Morgan fingerprint density at radius 3 is 2.50 bits per heavy atom. The lowest BCUT2D eigenvalue weighted by Crippen LogP contribution is -2.53. The van der Waals surface area contributed by atoms with Crippen LogP contribution >= 0.6 is 11.6 Å². The quantitative estimate of drug-likeness (QED) is 0.661. The van der Waals surface area contributed by atoms with Crippen molar-refractivity contribution < 1.29 is 19.1 Å². The Labute approximate surface area is 145 Å². The molecule has 1 aromatic rings. The molecular formula is C17H19ClN2O4. The lowest BCUT2D eigenvalue weighted by molar-refractivity contribution is -0.155. The minimum Gasteiger partial charge on any atom is -0.465 e. The number of esters is 1. The van der Waals surface area contributed by atoms with E-state index in [2.05, 4.69) is 5.32 Å². The smallest absolute Gasteiger partial charge is 0.326 e. The Hall–Kier alpha value is -1.92. The fourth-order valence-electron chi connectivity index (χ4n) is 3.71. The van der Waals surface area contributed by atoms with Gasteiger partial charge in [-0.05, 0) is 31.5 Å². The molecule has 0 radical (unpaired) electrons. The standard InChI is InChI=1S/C17H19ClN2O4/c1-4-24-16(23)17(2)12-11(14(21)20(3)15(12)22)13(19-17)9-5-7-10(18)8-6-9/h5-8,11-13,19H,4H2,1-3H3/t11-,12+,13-,17-/m0/s1. The summed E-state index contributed by atoms with van der Waals surface area (Å²) in [7, 11) is 1.45. The molecule has 1 aromatic carbocycles. The average molecular weight is 351 g/mol. The maximum absolute atomic E-state index is 12.6. The van der Waals surface area contributed by atoms with Gasteiger partial charge in [-0.25, -0.2) is 0 Å². The van der Waals surface area contributed by atoms with E-state index in [1.54, 1.807) is 38.1 Å². The van der Waals surface area contributed by atoms with Crippen LogP contribution in [0.15, 0.2) is 24.3 Å². The average Bonchev–Trinajstić information content (AvgIpc) is 2.99. The first-order chi connectivity index (χ1) is 11.3. The van der Waals surface area contributed by atoms with Crippen molar-refractivity contribution in [3.63, 3.8) is 0 Å². The molecule has 24 heavy (non-hydrogen) atoms. The lowest BCUT2D eigenvalue weighted by Gasteiger charge is -2.28. The van der Waals surface area contributed by atoms with Gasteiger partial charge in [-0.1, -0.05) is 23.7 Å². The molecule has 2 fully saturated rings. The number of hydrogen-bond donors (Lipinski definition) is 1. The summed E-state index contributed by atoms with van der Waals surface area (Å²) in [5, 5.41) is 3.76.